The fourth-order valence-corrected chi connectivity index (χ4v) is 2.11. The number of nitrogens with one attached hydrogen (secondary N) is 1. The van der Waals surface area contributed by atoms with Crippen LogP contribution >= 0.6 is 0 Å². The summed E-state index contributed by atoms with van der Waals surface area (Å²) in [5.74, 6) is 0. The van der Waals surface area contributed by atoms with E-state index in [-0.39, 0.29) is 5.56 Å². The normalized spacial score (nSPS) is 9.95. The van der Waals surface area contributed by atoms with Crippen LogP contribution in [-0.2, 0) is 0 Å². The Labute approximate surface area is 118 Å². The number of aromatic nitrogens is 2. The van der Waals surface area contributed by atoms with Crippen molar-refractivity contribution in [1.82, 2.24) is 9.97 Å². The minimum Gasteiger partial charge on any atom is -0.322 e. The summed E-state index contributed by atoms with van der Waals surface area (Å²) in [7, 11) is 0. The second kappa shape index (κ2) is 6.15. The van der Waals surface area contributed by atoms with Crippen LogP contribution < -0.4 is 5.56 Å². The van der Waals surface area contributed by atoms with Crippen molar-refractivity contribution in [3.05, 3.63) is 64.7 Å². The smallest absolute Gasteiger partial charge is 0.248 e. The molecule has 0 radical (unpaired) electrons. The average molecular weight is 266 g/mol. The monoisotopic (exact) mass is 266 g/mol. The lowest BCUT2D eigenvalue weighted by Crippen LogP contribution is -2.02. The first-order valence-corrected chi connectivity index (χ1v) is 6.79. The molecule has 2 heterocycles. The molecule has 0 aliphatic heterocycles. The summed E-state index contributed by atoms with van der Waals surface area (Å²) in [6, 6.07) is 13.4. The molecule has 1 aromatic carbocycles. The SMILES string of the molecule is CC.Cc1ncccc1-c1ccc2ccc(=O)[nH]c2c1. The zero-order chi connectivity index (χ0) is 14.5. The number of pyridine rings is 2. The quantitative estimate of drug-likeness (QED) is 0.725. The van der Waals surface area contributed by atoms with Gasteiger partial charge in [-0.1, -0.05) is 32.0 Å². The van der Waals surface area contributed by atoms with E-state index in [0.29, 0.717) is 0 Å². The highest BCUT2D eigenvalue weighted by Gasteiger charge is 2.03. The van der Waals surface area contributed by atoms with Crippen LogP contribution in [0.25, 0.3) is 22.0 Å². The average Bonchev–Trinajstić information content (AvgIpc) is 2.49. The minimum absolute atomic E-state index is 0.0810. The summed E-state index contributed by atoms with van der Waals surface area (Å²) in [5.41, 5.74) is 3.90. The Bertz CT molecular complexity index is 775. The van der Waals surface area contributed by atoms with Gasteiger partial charge in [0.25, 0.3) is 0 Å². The van der Waals surface area contributed by atoms with Crippen LogP contribution in [0.5, 0.6) is 0 Å². The largest absolute Gasteiger partial charge is 0.322 e. The number of H-pyrrole nitrogens is 1. The molecule has 0 aliphatic carbocycles. The van der Waals surface area contributed by atoms with E-state index in [9.17, 15) is 4.79 Å². The number of aryl methyl sites for hydroxylation is 1. The van der Waals surface area contributed by atoms with Crippen LogP contribution in [0.15, 0.2) is 53.5 Å². The first-order chi connectivity index (χ1) is 9.74. The molecule has 20 heavy (non-hydrogen) atoms. The van der Waals surface area contributed by atoms with E-state index in [2.05, 4.69) is 9.97 Å². The lowest BCUT2D eigenvalue weighted by atomic mass is 10.0. The van der Waals surface area contributed by atoms with Crippen molar-refractivity contribution in [2.75, 3.05) is 0 Å². The fraction of sp³-hybridized carbons (Fsp3) is 0.176. The van der Waals surface area contributed by atoms with Gasteiger partial charge in [-0.15, -0.1) is 0 Å². The molecule has 3 aromatic rings. The lowest BCUT2D eigenvalue weighted by Gasteiger charge is -2.06. The van der Waals surface area contributed by atoms with Gasteiger partial charge in [-0.2, -0.15) is 0 Å². The molecule has 0 bridgehead atoms. The molecule has 0 fully saturated rings. The maximum Gasteiger partial charge on any atom is 0.248 e. The van der Waals surface area contributed by atoms with Crippen molar-refractivity contribution in [1.29, 1.82) is 0 Å². The van der Waals surface area contributed by atoms with Crippen molar-refractivity contribution >= 4 is 10.9 Å². The highest BCUT2D eigenvalue weighted by atomic mass is 16.1. The maximum atomic E-state index is 11.3. The Hall–Kier alpha value is -2.42. The third kappa shape index (κ3) is 2.77. The van der Waals surface area contributed by atoms with Crippen LogP contribution in [0, 0.1) is 6.92 Å². The molecule has 0 saturated heterocycles. The predicted octanol–water partition coefficient (Wildman–Crippen LogP) is 3.92. The van der Waals surface area contributed by atoms with Crippen molar-refractivity contribution in [2.24, 2.45) is 0 Å². The number of rotatable bonds is 1. The highest BCUT2D eigenvalue weighted by molar-refractivity contribution is 5.84. The third-order valence-corrected chi connectivity index (χ3v) is 3.04. The van der Waals surface area contributed by atoms with E-state index in [0.717, 1.165) is 27.7 Å². The molecule has 3 heteroatoms. The number of nitrogens with zero attached hydrogens (tertiary/aromatic N) is 1. The van der Waals surface area contributed by atoms with E-state index < -0.39 is 0 Å². The zero-order valence-corrected chi connectivity index (χ0v) is 12.0. The number of fused-ring (bicyclic) bond motifs is 1. The van der Waals surface area contributed by atoms with Gasteiger partial charge in [-0.3, -0.25) is 9.78 Å². The molecule has 102 valence electrons. The molecular formula is C17H18N2O. The molecule has 0 saturated carbocycles. The van der Waals surface area contributed by atoms with Crippen LogP contribution in [0.2, 0.25) is 0 Å². The van der Waals surface area contributed by atoms with Crippen LogP contribution in [0.1, 0.15) is 19.5 Å². The summed E-state index contributed by atoms with van der Waals surface area (Å²) < 4.78 is 0. The van der Waals surface area contributed by atoms with Gasteiger partial charge in [-0.25, -0.2) is 0 Å². The first kappa shape index (κ1) is 14.0. The van der Waals surface area contributed by atoms with Crippen molar-refractivity contribution in [3.63, 3.8) is 0 Å². The molecule has 0 atom stereocenters. The van der Waals surface area contributed by atoms with E-state index in [1.807, 2.05) is 57.2 Å². The minimum atomic E-state index is -0.0810. The molecular weight excluding hydrogens is 248 g/mol. The molecule has 3 rings (SSSR count). The lowest BCUT2D eigenvalue weighted by molar-refractivity contribution is 1.20. The highest BCUT2D eigenvalue weighted by Crippen LogP contribution is 2.24. The van der Waals surface area contributed by atoms with Crippen molar-refractivity contribution in [2.45, 2.75) is 20.8 Å². The second-order valence-electron chi connectivity index (χ2n) is 4.26. The molecule has 0 unspecified atom stereocenters. The maximum absolute atomic E-state index is 11.3. The van der Waals surface area contributed by atoms with E-state index in [1.165, 1.54) is 6.07 Å². The van der Waals surface area contributed by atoms with E-state index in [1.54, 1.807) is 6.20 Å². The van der Waals surface area contributed by atoms with E-state index in [4.69, 9.17) is 0 Å². The van der Waals surface area contributed by atoms with Gasteiger partial charge in [0.05, 0.1) is 0 Å². The molecule has 0 aliphatic rings. The van der Waals surface area contributed by atoms with Crippen LogP contribution in [-0.4, -0.2) is 9.97 Å². The Kier molecular flexibility index (Phi) is 4.31. The topological polar surface area (TPSA) is 45.8 Å². The van der Waals surface area contributed by atoms with Crippen LogP contribution in [0.4, 0.5) is 0 Å². The summed E-state index contributed by atoms with van der Waals surface area (Å²) in [5, 5.41) is 1.03. The number of hydrogen-bond donors (Lipinski definition) is 1. The predicted molar refractivity (Wildman–Crippen MR) is 83.9 cm³/mol. The number of hydrogen-bond acceptors (Lipinski definition) is 2. The molecule has 2 aromatic heterocycles. The van der Waals surface area contributed by atoms with Crippen molar-refractivity contribution < 1.29 is 0 Å². The summed E-state index contributed by atoms with van der Waals surface area (Å²) >= 11 is 0. The van der Waals surface area contributed by atoms with Gasteiger partial charge in [0, 0.05) is 29.0 Å². The second-order valence-corrected chi connectivity index (χ2v) is 4.26. The van der Waals surface area contributed by atoms with Gasteiger partial charge >= 0.3 is 0 Å². The Morgan fingerprint density at radius 3 is 2.55 bits per heavy atom. The zero-order valence-electron chi connectivity index (χ0n) is 12.0. The third-order valence-electron chi connectivity index (χ3n) is 3.04. The number of aromatic amines is 1. The van der Waals surface area contributed by atoms with Gasteiger partial charge in [0.1, 0.15) is 0 Å². The van der Waals surface area contributed by atoms with Gasteiger partial charge in [0.15, 0.2) is 0 Å². The molecule has 3 nitrogen and oxygen atoms in total. The van der Waals surface area contributed by atoms with Crippen molar-refractivity contribution in [3.8, 4) is 11.1 Å². The van der Waals surface area contributed by atoms with E-state index >= 15 is 0 Å². The van der Waals surface area contributed by atoms with Gasteiger partial charge in [0.2, 0.25) is 5.56 Å². The summed E-state index contributed by atoms with van der Waals surface area (Å²) in [4.78, 5) is 18.5. The first-order valence-electron chi connectivity index (χ1n) is 6.79. The fourth-order valence-electron chi connectivity index (χ4n) is 2.11. The summed E-state index contributed by atoms with van der Waals surface area (Å²) in [6.45, 7) is 5.98. The number of benzene rings is 1. The standard InChI is InChI=1S/C15H12N2O.C2H6/c1-10-13(3-2-8-16-10)12-5-4-11-6-7-15(18)17-14(11)9-12;1-2/h2-9H,1H3,(H,17,18);1-2H3. The van der Waals surface area contributed by atoms with Crippen LogP contribution in [0.3, 0.4) is 0 Å². The Balaban J connectivity index is 0.000000704. The summed E-state index contributed by atoms with van der Waals surface area (Å²) in [6.07, 6.45) is 1.78. The Morgan fingerprint density at radius 2 is 1.80 bits per heavy atom. The van der Waals surface area contributed by atoms with Gasteiger partial charge < -0.3 is 4.98 Å². The molecule has 1 N–H and O–H groups in total. The van der Waals surface area contributed by atoms with Gasteiger partial charge in [-0.05, 0) is 36.1 Å². The Morgan fingerprint density at radius 1 is 1.05 bits per heavy atom. The molecule has 0 spiro atoms. The molecule has 0 amide bonds.